The Morgan fingerprint density at radius 3 is 2.55 bits per heavy atom. The molecule has 0 atom stereocenters. The van der Waals surface area contributed by atoms with Crippen LogP contribution in [0.5, 0.6) is 11.5 Å². The van der Waals surface area contributed by atoms with Crippen LogP contribution in [0.25, 0.3) is 0 Å². The van der Waals surface area contributed by atoms with Crippen LogP contribution in [0.1, 0.15) is 36.7 Å². The molecule has 148 valence electrons. The molecule has 0 fully saturated rings. The van der Waals surface area contributed by atoms with Crippen LogP contribution in [-0.2, 0) is 5.41 Å². The zero-order valence-corrected chi connectivity index (χ0v) is 16.7. The Balaban J connectivity index is 1.45. The number of aromatic nitrogens is 1. The van der Waals surface area contributed by atoms with Gasteiger partial charge in [0.05, 0.1) is 11.9 Å². The maximum atomic E-state index is 12.5. The third-order valence-corrected chi connectivity index (χ3v) is 4.65. The average Bonchev–Trinajstić information content (AvgIpc) is 3.17. The summed E-state index contributed by atoms with van der Waals surface area (Å²) in [7, 11) is 0. The van der Waals surface area contributed by atoms with E-state index >= 15 is 0 Å². The maximum absolute atomic E-state index is 12.5. The summed E-state index contributed by atoms with van der Waals surface area (Å²) in [5.41, 5.74) is 3.35. The highest BCUT2D eigenvalue weighted by Gasteiger charge is 2.18. The number of benzene rings is 2. The van der Waals surface area contributed by atoms with Crippen LogP contribution in [-0.4, -0.2) is 17.7 Å². The van der Waals surface area contributed by atoms with Crippen molar-refractivity contribution in [1.82, 2.24) is 4.98 Å². The average molecular weight is 389 g/mol. The monoisotopic (exact) mass is 389 g/mol. The molecule has 0 saturated heterocycles. The maximum Gasteiger partial charge on any atom is 0.255 e. The molecule has 3 aromatic rings. The lowest BCUT2D eigenvalue weighted by atomic mass is 9.86. The number of ether oxygens (including phenoxy) is 2. The summed E-state index contributed by atoms with van der Waals surface area (Å²) in [5, 5.41) is 6.22. The standard InChI is InChI=1S/C23H23N3O3/c1-23(2,3)17-6-4-5-7-18(17)26-21-11-9-16(13-24-21)25-22(27)15-8-10-19-20(12-15)29-14-28-19/h4-13H,14H2,1-3H3,(H,24,26)(H,25,27). The van der Waals surface area contributed by atoms with Crippen molar-refractivity contribution in [2.45, 2.75) is 26.2 Å². The second kappa shape index (κ2) is 7.47. The van der Waals surface area contributed by atoms with E-state index in [1.165, 1.54) is 5.56 Å². The molecule has 2 aromatic carbocycles. The molecule has 29 heavy (non-hydrogen) atoms. The second-order valence-electron chi connectivity index (χ2n) is 7.87. The number of hydrogen-bond donors (Lipinski definition) is 2. The van der Waals surface area contributed by atoms with Crippen LogP contribution in [0, 0.1) is 0 Å². The fourth-order valence-corrected chi connectivity index (χ4v) is 3.17. The van der Waals surface area contributed by atoms with E-state index in [-0.39, 0.29) is 18.1 Å². The van der Waals surface area contributed by atoms with Crippen LogP contribution in [0.2, 0.25) is 0 Å². The number of amides is 1. The minimum atomic E-state index is -0.233. The van der Waals surface area contributed by atoms with E-state index in [0.717, 1.165) is 5.69 Å². The molecule has 1 aromatic heterocycles. The summed E-state index contributed by atoms with van der Waals surface area (Å²) in [4.78, 5) is 16.9. The van der Waals surface area contributed by atoms with Gasteiger partial charge in [0.2, 0.25) is 6.79 Å². The minimum absolute atomic E-state index is 0.0160. The Morgan fingerprint density at radius 1 is 1.00 bits per heavy atom. The van der Waals surface area contributed by atoms with Crippen molar-refractivity contribution >= 4 is 23.1 Å². The molecule has 1 aliphatic rings. The van der Waals surface area contributed by atoms with Gasteiger partial charge in [0.1, 0.15) is 5.82 Å². The van der Waals surface area contributed by atoms with Gasteiger partial charge in [-0.25, -0.2) is 4.98 Å². The number of nitrogens with zero attached hydrogens (tertiary/aromatic N) is 1. The number of fused-ring (bicyclic) bond motifs is 1. The first-order valence-electron chi connectivity index (χ1n) is 9.44. The summed E-state index contributed by atoms with van der Waals surface area (Å²) >= 11 is 0. The lowest BCUT2D eigenvalue weighted by Gasteiger charge is -2.23. The van der Waals surface area contributed by atoms with Gasteiger partial charge in [-0.3, -0.25) is 4.79 Å². The number of rotatable bonds is 4. The van der Waals surface area contributed by atoms with Gasteiger partial charge in [0.15, 0.2) is 11.5 Å². The number of carbonyl (C=O) groups is 1. The van der Waals surface area contributed by atoms with Crippen LogP contribution in [0.3, 0.4) is 0 Å². The van der Waals surface area contributed by atoms with Gasteiger partial charge in [-0.1, -0.05) is 39.0 Å². The van der Waals surface area contributed by atoms with Crippen LogP contribution >= 0.6 is 0 Å². The zero-order valence-electron chi connectivity index (χ0n) is 16.7. The Morgan fingerprint density at radius 2 is 1.79 bits per heavy atom. The molecule has 0 aliphatic carbocycles. The molecule has 6 heteroatoms. The third-order valence-electron chi connectivity index (χ3n) is 4.65. The molecule has 0 radical (unpaired) electrons. The van der Waals surface area contributed by atoms with Crippen molar-refractivity contribution < 1.29 is 14.3 Å². The summed E-state index contributed by atoms with van der Waals surface area (Å²) in [6, 6.07) is 17.0. The minimum Gasteiger partial charge on any atom is -0.454 e. The summed E-state index contributed by atoms with van der Waals surface area (Å²) in [5.74, 6) is 1.70. The Bertz CT molecular complexity index is 1040. The molecule has 0 saturated carbocycles. The Hall–Kier alpha value is -3.54. The van der Waals surface area contributed by atoms with E-state index in [2.05, 4.69) is 42.5 Å². The SMILES string of the molecule is CC(C)(C)c1ccccc1Nc1ccc(NC(=O)c2ccc3c(c2)OCO3)cn1. The third kappa shape index (κ3) is 4.16. The summed E-state index contributed by atoms with van der Waals surface area (Å²) in [6.07, 6.45) is 1.63. The van der Waals surface area contributed by atoms with Crippen molar-refractivity contribution in [3.05, 3.63) is 71.9 Å². The second-order valence-corrected chi connectivity index (χ2v) is 7.87. The molecule has 0 spiro atoms. The molecule has 1 aliphatic heterocycles. The van der Waals surface area contributed by atoms with Gasteiger partial charge in [0, 0.05) is 11.3 Å². The van der Waals surface area contributed by atoms with Crippen molar-refractivity contribution in [2.75, 3.05) is 17.4 Å². The normalized spacial score (nSPS) is 12.5. The predicted molar refractivity (Wildman–Crippen MR) is 113 cm³/mol. The van der Waals surface area contributed by atoms with Gasteiger partial charge in [0.25, 0.3) is 5.91 Å². The molecule has 2 N–H and O–H groups in total. The van der Waals surface area contributed by atoms with Gasteiger partial charge < -0.3 is 20.1 Å². The van der Waals surface area contributed by atoms with Gasteiger partial charge in [-0.15, -0.1) is 0 Å². The van der Waals surface area contributed by atoms with Crippen LogP contribution < -0.4 is 20.1 Å². The van der Waals surface area contributed by atoms with E-state index in [1.54, 1.807) is 24.4 Å². The first-order valence-corrected chi connectivity index (χ1v) is 9.44. The number of hydrogen-bond acceptors (Lipinski definition) is 5. The quantitative estimate of drug-likeness (QED) is 0.649. The Labute approximate surface area is 169 Å². The molecule has 1 amide bonds. The molecule has 4 rings (SSSR count). The van der Waals surface area contributed by atoms with Crippen LogP contribution in [0.15, 0.2) is 60.8 Å². The van der Waals surface area contributed by atoms with E-state index in [9.17, 15) is 4.79 Å². The van der Waals surface area contributed by atoms with E-state index in [0.29, 0.717) is 28.6 Å². The first kappa shape index (κ1) is 18.8. The molecular formula is C23H23N3O3. The van der Waals surface area contributed by atoms with Crippen molar-refractivity contribution in [1.29, 1.82) is 0 Å². The van der Waals surface area contributed by atoms with E-state index in [4.69, 9.17) is 9.47 Å². The summed E-state index contributed by atoms with van der Waals surface area (Å²) < 4.78 is 10.6. The lowest BCUT2D eigenvalue weighted by molar-refractivity contribution is 0.102. The summed E-state index contributed by atoms with van der Waals surface area (Å²) in [6.45, 7) is 6.71. The van der Waals surface area contributed by atoms with Crippen LogP contribution in [0.4, 0.5) is 17.2 Å². The zero-order chi connectivity index (χ0) is 20.4. The fraction of sp³-hybridized carbons (Fsp3) is 0.217. The number of anilines is 3. The van der Waals surface area contributed by atoms with E-state index < -0.39 is 0 Å². The van der Waals surface area contributed by atoms with Crippen molar-refractivity contribution in [2.24, 2.45) is 0 Å². The number of para-hydroxylation sites is 1. The van der Waals surface area contributed by atoms with Gasteiger partial charge in [-0.05, 0) is 47.4 Å². The lowest BCUT2D eigenvalue weighted by Crippen LogP contribution is -2.14. The van der Waals surface area contributed by atoms with Gasteiger partial charge in [-0.2, -0.15) is 0 Å². The largest absolute Gasteiger partial charge is 0.454 e. The topological polar surface area (TPSA) is 72.5 Å². The molecular weight excluding hydrogens is 366 g/mol. The van der Waals surface area contributed by atoms with Crippen molar-refractivity contribution in [3.8, 4) is 11.5 Å². The number of pyridine rings is 1. The van der Waals surface area contributed by atoms with Gasteiger partial charge >= 0.3 is 0 Å². The molecule has 2 heterocycles. The first-order chi connectivity index (χ1) is 13.9. The highest BCUT2D eigenvalue weighted by molar-refractivity contribution is 6.04. The number of carbonyl (C=O) groups excluding carboxylic acids is 1. The molecule has 0 bridgehead atoms. The fourth-order valence-electron chi connectivity index (χ4n) is 3.17. The molecule has 0 unspecified atom stereocenters. The number of nitrogens with one attached hydrogen (secondary N) is 2. The van der Waals surface area contributed by atoms with E-state index in [1.807, 2.05) is 30.3 Å². The highest BCUT2D eigenvalue weighted by Crippen LogP contribution is 2.33. The predicted octanol–water partition coefficient (Wildman–Crippen LogP) is 5.10. The molecule has 6 nitrogen and oxygen atoms in total. The smallest absolute Gasteiger partial charge is 0.255 e. The Kier molecular flexibility index (Phi) is 4.84. The highest BCUT2D eigenvalue weighted by atomic mass is 16.7. The van der Waals surface area contributed by atoms with Crippen molar-refractivity contribution in [3.63, 3.8) is 0 Å².